The SMILES string of the molecule is CCC(C(=O)O)N(C)C(=O)C1CCCC1NC(=O)OCC1c2ccccc2-c2ccccc21. The predicted molar refractivity (Wildman–Crippen MR) is 124 cm³/mol. The molecule has 0 spiro atoms. The van der Waals surface area contributed by atoms with E-state index in [2.05, 4.69) is 29.6 Å². The monoisotopic (exact) mass is 450 g/mol. The maximum absolute atomic E-state index is 13.0. The molecular formula is C26H30N2O5. The summed E-state index contributed by atoms with van der Waals surface area (Å²) in [5, 5.41) is 12.2. The van der Waals surface area contributed by atoms with Crippen molar-refractivity contribution in [1.29, 1.82) is 0 Å². The van der Waals surface area contributed by atoms with Gasteiger partial charge in [-0.15, -0.1) is 0 Å². The number of ether oxygens (including phenoxy) is 1. The molecule has 7 nitrogen and oxygen atoms in total. The summed E-state index contributed by atoms with van der Waals surface area (Å²) in [6, 6.07) is 15.1. The zero-order chi connectivity index (χ0) is 23.5. The van der Waals surface area contributed by atoms with Crippen LogP contribution in [0.2, 0.25) is 0 Å². The Morgan fingerprint density at radius 2 is 1.67 bits per heavy atom. The second-order valence-corrected chi connectivity index (χ2v) is 8.83. The molecule has 33 heavy (non-hydrogen) atoms. The predicted octanol–water partition coefficient (Wildman–Crippen LogP) is 4.02. The van der Waals surface area contributed by atoms with Gasteiger partial charge in [0.25, 0.3) is 0 Å². The van der Waals surface area contributed by atoms with Crippen LogP contribution in [0.1, 0.15) is 49.7 Å². The van der Waals surface area contributed by atoms with Crippen LogP contribution in [-0.4, -0.2) is 53.7 Å². The third-order valence-corrected chi connectivity index (χ3v) is 6.97. The van der Waals surface area contributed by atoms with Gasteiger partial charge in [0.15, 0.2) is 0 Å². The maximum Gasteiger partial charge on any atom is 0.407 e. The fourth-order valence-corrected chi connectivity index (χ4v) is 5.25. The first kappa shape index (κ1) is 22.8. The van der Waals surface area contributed by atoms with Crippen LogP contribution in [0.25, 0.3) is 11.1 Å². The number of fused-ring (bicyclic) bond motifs is 3. The van der Waals surface area contributed by atoms with Gasteiger partial charge in [-0.1, -0.05) is 61.9 Å². The second kappa shape index (κ2) is 9.65. The quantitative estimate of drug-likeness (QED) is 0.664. The Morgan fingerprint density at radius 3 is 2.24 bits per heavy atom. The van der Waals surface area contributed by atoms with Crippen molar-refractivity contribution in [2.24, 2.45) is 5.92 Å². The molecule has 2 amide bonds. The minimum Gasteiger partial charge on any atom is -0.480 e. The van der Waals surface area contributed by atoms with Crippen LogP contribution in [0, 0.1) is 5.92 Å². The fourth-order valence-electron chi connectivity index (χ4n) is 5.25. The Labute approximate surface area is 193 Å². The lowest BCUT2D eigenvalue weighted by molar-refractivity contribution is -0.151. The van der Waals surface area contributed by atoms with Gasteiger partial charge in [0.05, 0.1) is 5.92 Å². The van der Waals surface area contributed by atoms with Gasteiger partial charge in [-0.3, -0.25) is 4.79 Å². The summed E-state index contributed by atoms with van der Waals surface area (Å²) < 4.78 is 5.63. The summed E-state index contributed by atoms with van der Waals surface area (Å²) in [4.78, 5) is 38.4. The number of alkyl carbamates (subject to hydrolysis) is 1. The van der Waals surface area contributed by atoms with E-state index in [9.17, 15) is 19.5 Å². The normalized spacial score (nSPS) is 19.9. The average Bonchev–Trinajstić information content (AvgIpc) is 3.39. The molecule has 2 aromatic rings. The molecule has 3 unspecified atom stereocenters. The molecule has 4 rings (SSSR count). The van der Waals surface area contributed by atoms with Crippen molar-refractivity contribution in [2.75, 3.05) is 13.7 Å². The zero-order valence-corrected chi connectivity index (χ0v) is 19.0. The summed E-state index contributed by atoms with van der Waals surface area (Å²) >= 11 is 0. The summed E-state index contributed by atoms with van der Waals surface area (Å²) in [5.41, 5.74) is 4.61. The lowest BCUT2D eigenvalue weighted by Gasteiger charge is -2.29. The van der Waals surface area contributed by atoms with Crippen LogP contribution in [-0.2, 0) is 14.3 Å². The number of carbonyl (C=O) groups excluding carboxylic acids is 2. The number of carboxylic acid groups (broad SMARTS) is 1. The Balaban J connectivity index is 1.39. The van der Waals surface area contributed by atoms with E-state index < -0.39 is 24.0 Å². The highest BCUT2D eigenvalue weighted by Gasteiger charge is 2.39. The number of carbonyl (C=O) groups is 3. The van der Waals surface area contributed by atoms with Gasteiger partial charge >= 0.3 is 12.1 Å². The van der Waals surface area contributed by atoms with E-state index in [0.29, 0.717) is 19.3 Å². The molecule has 0 bridgehead atoms. The number of amides is 2. The van der Waals surface area contributed by atoms with Crippen LogP contribution in [0.5, 0.6) is 0 Å². The van der Waals surface area contributed by atoms with E-state index in [1.54, 1.807) is 6.92 Å². The van der Waals surface area contributed by atoms with E-state index in [1.165, 1.54) is 11.9 Å². The van der Waals surface area contributed by atoms with Crippen molar-refractivity contribution in [3.8, 4) is 11.1 Å². The molecule has 0 saturated heterocycles. The van der Waals surface area contributed by atoms with E-state index in [4.69, 9.17) is 4.74 Å². The Morgan fingerprint density at radius 1 is 1.06 bits per heavy atom. The summed E-state index contributed by atoms with van der Waals surface area (Å²) in [6.07, 6.45) is 1.86. The van der Waals surface area contributed by atoms with Gasteiger partial charge in [-0.25, -0.2) is 9.59 Å². The van der Waals surface area contributed by atoms with E-state index in [-0.39, 0.29) is 24.5 Å². The van der Waals surface area contributed by atoms with Crippen LogP contribution < -0.4 is 5.32 Å². The molecule has 2 aliphatic rings. The molecule has 2 aliphatic carbocycles. The number of carboxylic acids is 1. The summed E-state index contributed by atoms with van der Waals surface area (Å²) in [6.45, 7) is 1.95. The fraction of sp³-hybridized carbons (Fsp3) is 0.423. The molecular weight excluding hydrogens is 420 g/mol. The van der Waals surface area contributed by atoms with E-state index >= 15 is 0 Å². The molecule has 0 aromatic heterocycles. The number of aliphatic carboxylic acids is 1. The Kier molecular flexibility index (Phi) is 6.67. The minimum atomic E-state index is -1.02. The van der Waals surface area contributed by atoms with Gasteiger partial charge in [-0.2, -0.15) is 0 Å². The van der Waals surface area contributed by atoms with Gasteiger partial charge in [0.2, 0.25) is 5.91 Å². The minimum absolute atomic E-state index is 0.0313. The highest BCUT2D eigenvalue weighted by molar-refractivity contribution is 5.86. The van der Waals surface area contributed by atoms with Crippen molar-refractivity contribution in [3.05, 3.63) is 59.7 Å². The third-order valence-electron chi connectivity index (χ3n) is 6.97. The lowest BCUT2D eigenvalue weighted by Crippen LogP contribution is -2.49. The van der Waals surface area contributed by atoms with Gasteiger partial charge in [-0.05, 0) is 41.5 Å². The Bertz CT molecular complexity index is 1010. The second-order valence-electron chi connectivity index (χ2n) is 8.83. The van der Waals surface area contributed by atoms with Crippen molar-refractivity contribution < 1.29 is 24.2 Å². The highest BCUT2D eigenvalue weighted by atomic mass is 16.5. The lowest BCUT2D eigenvalue weighted by atomic mass is 9.98. The molecule has 1 saturated carbocycles. The smallest absolute Gasteiger partial charge is 0.407 e. The Hall–Kier alpha value is -3.35. The maximum atomic E-state index is 13.0. The van der Waals surface area contributed by atoms with Crippen LogP contribution in [0.15, 0.2) is 48.5 Å². The van der Waals surface area contributed by atoms with Gasteiger partial charge < -0.3 is 20.1 Å². The number of likely N-dealkylation sites (N-methyl/N-ethyl adjacent to an activating group) is 1. The first-order valence-electron chi connectivity index (χ1n) is 11.5. The van der Waals surface area contributed by atoms with E-state index in [1.807, 2.05) is 24.3 Å². The molecule has 1 fully saturated rings. The van der Waals surface area contributed by atoms with Crippen LogP contribution in [0.3, 0.4) is 0 Å². The number of hydrogen-bond acceptors (Lipinski definition) is 4. The molecule has 2 N–H and O–H groups in total. The summed E-state index contributed by atoms with van der Waals surface area (Å²) in [7, 11) is 1.52. The number of nitrogens with zero attached hydrogens (tertiary/aromatic N) is 1. The van der Waals surface area contributed by atoms with Crippen molar-refractivity contribution in [1.82, 2.24) is 10.2 Å². The van der Waals surface area contributed by atoms with Crippen LogP contribution >= 0.6 is 0 Å². The van der Waals surface area contributed by atoms with Crippen molar-refractivity contribution in [2.45, 2.75) is 50.6 Å². The number of nitrogens with one attached hydrogen (secondary N) is 1. The first-order chi connectivity index (χ1) is 15.9. The third kappa shape index (κ3) is 4.45. The molecule has 7 heteroatoms. The van der Waals surface area contributed by atoms with Crippen LogP contribution in [0.4, 0.5) is 4.79 Å². The molecule has 174 valence electrons. The molecule has 0 radical (unpaired) electrons. The average molecular weight is 451 g/mol. The standard InChI is InChI=1S/C26H30N2O5/c1-3-23(25(30)31)28(2)24(29)20-13-8-14-22(20)27-26(32)33-15-21-18-11-6-4-9-16(18)17-10-5-7-12-19(17)21/h4-7,9-12,20-23H,3,8,13-15H2,1-2H3,(H,27,32)(H,30,31). The molecule has 0 aliphatic heterocycles. The number of benzene rings is 2. The van der Waals surface area contributed by atoms with Crippen molar-refractivity contribution >= 4 is 18.0 Å². The largest absolute Gasteiger partial charge is 0.480 e. The molecule has 0 heterocycles. The highest BCUT2D eigenvalue weighted by Crippen LogP contribution is 2.44. The van der Waals surface area contributed by atoms with Gasteiger partial charge in [0, 0.05) is 19.0 Å². The first-order valence-corrected chi connectivity index (χ1v) is 11.5. The topological polar surface area (TPSA) is 95.9 Å². The van der Waals surface area contributed by atoms with Gasteiger partial charge in [0.1, 0.15) is 12.6 Å². The molecule has 2 aromatic carbocycles. The van der Waals surface area contributed by atoms with Crippen molar-refractivity contribution in [3.63, 3.8) is 0 Å². The summed E-state index contributed by atoms with van der Waals surface area (Å²) in [5.74, 6) is -1.74. The van der Waals surface area contributed by atoms with E-state index in [0.717, 1.165) is 28.7 Å². The molecule has 3 atom stereocenters. The zero-order valence-electron chi connectivity index (χ0n) is 19.0. The number of rotatable bonds is 7. The number of hydrogen-bond donors (Lipinski definition) is 2.